The summed E-state index contributed by atoms with van der Waals surface area (Å²) in [6, 6.07) is 6.01. The molecule has 0 saturated carbocycles. The number of halogens is 1. The first kappa shape index (κ1) is 12.1. The second-order valence-corrected chi connectivity index (χ2v) is 3.72. The molecule has 92 valence electrons. The normalized spacial score (nSPS) is 10.1. The first-order valence-electron chi connectivity index (χ1n) is 5.56. The molecule has 0 saturated heterocycles. The zero-order valence-electron chi connectivity index (χ0n) is 9.93. The van der Waals surface area contributed by atoms with Crippen molar-refractivity contribution in [2.75, 3.05) is 0 Å². The molecule has 0 fully saturated rings. The summed E-state index contributed by atoms with van der Waals surface area (Å²) < 4.78 is 20.8. The van der Waals surface area contributed by atoms with Gasteiger partial charge in [0.25, 0.3) is 0 Å². The Balaban J connectivity index is 2.09. The van der Waals surface area contributed by atoms with Crippen LogP contribution in [0, 0.1) is 17.1 Å². The van der Waals surface area contributed by atoms with E-state index in [4.69, 9.17) is 10.00 Å². The fraction of sp³-hybridized carbons (Fsp3) is 0.231. The zero-order chi connectivity index (χ0) is 13.0. The van der Waals surface area contributed by atoms with Crippen molar-refractivity contribution in [1.82, 2.24) is 9.55 Å². The van der Waals surface area contributed by atoms with Gasteiger partial charge in [-0.25, -0.2) is 9.37 Å². The lowest BCUT2D eigenvalue weighted by Crippen LogP contribution is -2.04. The average molecular weight is 245 g/mol. The highest BCUT2D eigenvalue weighted by Crippen LogP contribution is 2.19. The summed E-state index contributed by atoms with van der Waals surface area (Å²) in [5.74, 6) is -0.394. The Morgan fingerprint density at radius 2 is 2.33 bits per heavy atom. The van der Waals surface area contributed by atoms with Crippen molar-refractivity contribution in [3.05, 3.63) is 47.8 Å². The van der Waals surface area contributed by atoms with Crippen LogP contribution in [-0.4, -0.2) is 9.55 Å². The quantitative estimate of drug-likeness (QED) is 0.831. The van der Waals surface area contributed by atoms with Gasteiger partial charge in [0, 0.05) is 6.54 Å². The Morgan fingerprint density at radius 3 is 3.00 bits per heavy atom. The van der Waals surface area contributed by atoms with Gasteiger partial charge in [0.05, 0.1) is 29.9 Å². The SMILES string of the molecule is CCn1cncc1COc1ccc(C#N)cc1F. The summed E-state index contributed by atoms with van der Waals surface area (Å²) >= 11 is 0. The summed E-state index contributed by atoms with van der Waals surface area (Å²) in [4.78, 5) is 4.00. The van der Waals surface area contributed by atoms with Gasteiger partial charge in [0.2, 0.25) is 0 Å². The molecule has 0 amide bonds. The standard InChI is InChI=1S/C13H12FN3O/c1-2-17-9-16-7-11(17)8-18-13-4-3-10(6-15)5-12(13)14/h3-5,7,9H,2,8H2,1H3. The number of nitrogens with zero attached hydrogens (tertiary/aromatic N) is 3. The summed E-state index contributed by atoms with van der Waals surface area (Å²) in [6.07, 6.45) is 3.39. The third-order valence-electron chi connectivity index (χ3n) is 2.58. The van der Waals surface area contributed by atoms with E-state index in [1.807, 2.05) is 17.6 Å². The summed E-state index contributed by atoms with van der Waals surface area (Å²) in [7, 11) is 0. The largest absolute Gasteiger partial charge is 0.484 e. The molecule has 1 aromatic carbocycles. The molecular weight excluding hydrogens is 233 g/mol. The van der Waals surface area contributed by atoms with Gasteiger partial charge in [0.15, 0.2) is 11.6 Å². The molecule has 0 radical (unpaired) electrons. The van der Waals surface area contributed by atoms with E-state index in [0.29, 0.717) is 0 Å². The Hall–Kier alpha value is -2.35. The summed E-state index contributed by atoms with van der Waals surface area (Å²) in [5.41, 5.74) is 1.15. The third-order valence-corrected chi connectivity index (χ3v) is 2.58. The summed E-state index contributed by atoms with van der Waals surface area (Å²) in [6.45, 7) is 3.03. The minimum Gasteiger partial charge on any atom is -0.484 e. The number of nitriles is 1. The average Bonchev–Trinajstić information content (AvgIpc) is 2.84. The van der Waals surface area contributed by atoms with Gasteiger partial charge >= 0.3 is 0 Å². The van der Waals surface area contributed by atoms with Crippen LogP contribution in [0.25, 0.3) is 0 Å². The molecule has 0 aliphatic carbocycles. The second-order valence-electron chi connectivity index (χ2n) is 3.72. The Bertz CT molecular complexity index is 586. The maximum atomic E-state index is 13.5. The highest BCUT2D eigenvalue weighted by Gasteiger charge is 2.06. The molecule has 5 heteroatoms. The van der Waals surface area contributed by atoms with Crippen LogP contribution in [0.15, 0.2) is 30.7 Å². The number of ether oxygens (including phenoxy) is 1. The van der Waals surface area contributed by atoms with Gasteiger partial charge in [-0.2, -0.15) is 5.26 Å². The van der Waals surface area contributed by atoms with E-state index in [9.17, 15) is 4.39 Å². The maximum Gasteiger partial charge on any atom is 0.166 e. The van der Waals surface area contributed by atoms with Crippen molar-refractivity contribution in [3.63, 3.8) is 0 Å². The molecule has 0 atom stereocenters. The first-order chi connectivity index (χ1) is 8.74. The molecule has 0 bridgehead atoms. The van der Waals surface area contributed by atoms with Crippen LogP contribution in [0.5, 0.6) is 5.75 Å². The van der Waals surface area contributed by atoms with Crippen molar-refractivity contribution < 1.29 is 9.13 Å². The van der Waals surface area contributed by atoms with Crippen LogP contribution in [0.2, 0.25) is 0 Å². The number of imidazole rings is 1. The van der Waals surface area contributed by atoms with Crippen molar-refractivity contribution in [2.24, 2.45) is 0 Å². The zero-order valence-corrected chi connectivity index (χ0v) is 9.93. The highest BCUT2D eigenvalue weighted by atomic mass is 19.1. The molecule has 4 nitrogen and oxygen atoms in total. The van der Waals surface area contributed by atoms with Crippen molar-refractivity contribution in [2.45, 2.75) is 20.1 Å². The van der Waals surface area contributed by atoms with Crippen molar-refractivity contribution in [1.29, 1.82) is 5.26 Å². The first-order valence-corrected chi connectivity index (χ1v) is 5.56. The molecule has 0 N–H and O–H groups in total. The molecule has 0 spiro atoms. The van der Waals surface area contributed by atoms with E-state index in [2.05, 4.69) is 4.98 Å². The van der Waals surface area contributed by atoms with Gasteiger partial charge in [-0.05, 0) is 25.1 Å². The Labute approximate surface area is 104 Å². The topological polar surface area (TPSA) is 50.8 Å². The van der Waals surface area contributed by atoms with Gasteiger partial charge in [-0.3, -0.25) is 0 Å². The fourth-order valence-electron chi connectivity index (χ4n) is 1.59. The maximum absolute atomic E-state index is 13.5. The van der Waals surface area contributed by atoms with Crippen LogP contribution in [0.4, 0.5) is 4.39 Å². The third kappa shape index (κ3) is 2.48. The van der Waals surface area contributed by atoms with E-state index >= 15 is 0 Å². The van der Waals surface area contributed by atoms with Crippen LogP contribution < -0.4 is 4.74 Å². The van der Waals surface area contributed by atoms with Gasteiger partial charge in [-0.15, -0.1) is 0 Å². The Morgan fingerprint density at radius 1 is 1.50 bits per heavy atom. The minimum atomic E-state index is -0.531. The van der Waals surface area contributed by atoms with Crippen LogP contribution in [0.1, 0.15) is 18.2 Å². The molecule has 0 aliphatic heterocycles. The minimum absolute atomic E-state index is 0.137. The number of benzene rings is 1. The molecular formula is C13H12FN3O. The van der Waals surface area contributed by atoms with Crippen LogP contribution in [-0.2, 0) is 13.2 Å². The van der Waals surface area contributed by atoms with Crippen LogP contribution >= 0.6 is 0 Å². The summed E-state index contributed by atoms with van der Waals surface area (Å²) in [5, 5.41) is 8.63. The van der Waals surface area contributed by atoms with Gasteiger partial charge in [0.1, 0.15) is 6.61 Å². The smallest absolute Gasteiger partial charge is 0.166 e. The Kier molecular flexibility index (Phi) is 3.58. The predicted octanol–water partition coefficient (Wildman–Crippen LogP) is 2.49. The number of hydrogen-bond acceptors (Lipinski definition) is 3. The van der Waals surface area contributed by atoms with Crippen LogP contribution in [0.3, 0.4) is 0 Å². The van der Waals surface area contributed by atoms with E-state index in [1.54, 1.807) is 12.5 Å². The van der Waals surface area contributed by atoms with E-state index in [1.165, 1.54) is 12.1 Å². The molecule has 2 aromatic rings. The van der Waals surface area contributed by atoms with Gasteiger partial charge in [-0.1, -0.05) is 0 Å². The lowest BCUT2D eigenvalue weighted by Gasteiger charge is -2.08. The number of aromatic nitrogens is 2. The fourth-order valence-corrected chi connectivity index (χ4v) is 1.59. The predicted molar refractivity (Wildman–Crippen MR) is 63.3 cm³/mol. The molecule has 2 rings (SSSR count). The van der Waals surface area contributed by atoms with Gasteiger partial charge < -0.3 is 9.30 Å². The second kappa shape index (κ2) is 5.32. The molecule has 18 heavy (non-hydrogen) atoms. The number of aryl methyl sites for hydroxylation is 1. The lowest BCUT2D eigenvalue weighted by molar-refractivity contribution is 0.280. The van der Waals surface area contributed by atoms with E-state index in [-0.39, 0.29) is 17.9 Å². The van der Waals surface area contributed by atoms with E-state index in [0.717, 1.165) is 18.3 Å². The van der Waals surface area contributed by atoms with Crippen molar-refractivity contribution >= 4 is 0 Å². The van der Waals surface area contributed by atoms with E-state index < -0.39 is 5.82 Å². The van der Waals surface area contributed by atoms with Crippen molar-refractivity contribution in [3.8, 4) is 11.8 Å². The highest BCUT2D eigenvalue weighted by molar-refractivity contribution is 5.36. The molecule has 0 unspecified atom stereocenters. The number of rotatable bonds is 4. The molecule has 1 aromatic heterocycles. The number of hydrogen-bond donors (Lipinski definition) is 0. The lowest BCUT2D eigenvalue weighted by atomic mass is 10.2. The molecule has 0 aliphatic rings. The monoisotopic (exact) mass is 245 g/mol. The molecule has 1 heterocycles.